The Morgan fingerprint density at radius 1 is 1.25 bits per heavy atom. The van der Waals surface area contributed by atoms with Gasteiger partial charge >= 0.3 is 0 Å². The van der Waals surface area contributed by atoms with Crippen molar-refractivity contribution in [3.05, 3.63) is 53.5 Å². The summed E-state index contributed by atoms with van der Waals surface area (Å²) in [7, 11) is 25.4. The SMILES string of the molecule is [B]C1([B])Cc2ccccc2C([B])([B])N1C[C@@H](O)CNC(=O)c1cc(NC2COC2)ncn1. The first-order valence-corrected chi connectivity index (χ1v) is 10.3. The van der Waals surface area contributed by atoms with E-state index in [1.165, 1.54) is 17.3 Å². The van der Waals surface area contributed by atoms with Crippen LogP contribution in [0.25, 0.3) is 0 Å². The highest BCUT2D eigenvalue weighted by Crippen LogP contribution is 2.36. The van der Waals surface area contributed by atoms with Gasteiger partial charge in [0.1, 0.15) is 17.8 Å². The predicted molar refractivity (Wildman–Crippen MR) is 123 cm³/mol. The molecule has 12 heteroatoms. The summed E-state index contributed by atoms with van der Waals surface area (Å²) in [4.78, 5) is 22.0. The second-order valence-electron chi connectivity index (χ2n) is 8.29. The van der Waals surface area contributed by atoms with Crippen molar-refractivity contribution in [3.8, 4) is 0 Å². The summed E-state index contributed by atoms with van der Waals surface area (Å²) in [5.41, 5.74) is 1.70. The van der Waals surface area contributed by atoms with Gasteiger partial charge in [-0.25, -0.2) is 9.97 Å². The number of benzene rings is 1. The molecule has 3 N–H and O–H groups in total. The molecule has 0 bridgehead atoms. The van der Waals surface area contributed by atoms with Gasteiger partial charge in [0.15, 0.2) is 0 Å². The van der Waals surface area contributed by atoms with Crippen LogP contribution >= 0.6 is 0 Å². The van der Waals surface area contributed by atoms with Gasteiger partial charge in [0.2, 0.25) is 0 Å². The third kappa shape index (κ3) is 4.72. The molecule has 3 heterocycles. The maximum atomic E-state index is 12.5. The van der Waals surface area contributed by atoms with Crippen LogP contribution in [-0.4, -0.2) is 101 Å². The zero-order chi connectivity index (χ0) is 22.9. The highest BCUT2D eigenvalue weighted by Gasteiger charge is 2.43. The molecule has 4 rings (SSSR count). The summed E-state index contributed by atoms with van der Waals surface area (Å²) < 4.78 is 5.11. The molecule has 8 nitrogen and oxygen atoms in total. The summed E-state index contributed by atoms with van der Waals surface area (Å²) >= 11 is 0. The van der Waals surface area contributed by atoms with E-state index in [9.17, 15) is 9.90 Å². The van der Waals surface area contributed by atoms with Gasteiger partial charge in [0.25, 0.3) is 5.91 Å². The van der Waals surface area contributed by atoms with Gasteiger partial charge in [-0.1, -0.05) is 29.6 Å². The van der Waals surface area contributed by atoms with Crippen molar-refractivity contribution < 1.29 is 14.6 Å². The molecule has 8 radical (unpaired) electrons. The zero-order valence-corrected chi connectivity index (χ0v) is 17.6. The number of aromatic nitrogens is 2. The number of hydrogen-bond acceptors (Lipinski definition) is 7. The third-order valence-electron chi connectivity index (χ3n) is 5.65. The normalized spacial score (nSPS) is 20.5. The number of nitrogens with one attached hydrogen (secondary N) is 2. The van der Waals surface area contributed by atoms with Crippen LogP contribution in [0.1, 0.15) is 21.6 Å². The fraction of sp³-hybridized carbons (Fsp3) is 0.450. The van der Waals surface area contributed by atoms with Crippen molar-refractivity contribution in [1.29, 1.82) is 0 Å². The molecular weight excluding hydrogens is 402 g/mol. The standard InChI is InChI=1S/C20H21B4N5O3/c21-19(22)6-12-3-1-2-4-15(12)20(23,24)29(19)8-14(30)7-25-18(31)16-5-17(27-11-26-16)28-13-9-32-10-13/h1-5,11,13-14,30H,6-10H2,(H,25,31)(H,26,27,28)/t14-/m0/s1. The van der Waals surface area contributed by atoms with E-state index in [0.717, 1.165) is 5.56 Å². The van der Waals surface area contributed by atoms with Crippen LogP contribution in [-0.2, 0) is 16.5 Å². The summed E-state index contributed by atoms with van der Waals surface area (Å²) in [5.74, 6) is 0.0694. The van der Waals surface area contributed by atoms with Crippen LogP contribution in [0.2, 0.25) is 0 Å². The molecule has 0 aliphatic carbocycles. The number of ether oxygens (including phenoxy) is 1. The second-order valence-corrected chi connectivity index (χ2v) is 8.29. The van der Waals surface area contributed by atoms with E-state index in [1.54, 1.807) is 0 Å². The largest absolute Gasteiger partial charge is 0.390 e. The van der Waals surface area contributed by atoms with E-state index in [0.29, 0.717) is 31.0 Å². The van der Waals surface area contributed by atoms with Crippen molar-refractivity contribution in [1.82, 2.24) is 20.2 Å². The lowest BCUT2D eigenvalue weighted by atomic mass is 9.45. The lowest BCUT2D eigenvalue weighted by Crippen LogP contribution is -2.67. The number of nitrogens with zero attached hydrogens (tertiary/aromatic N) is 3. The summed E-state index contributed by atoms with van der Waals surface area (Å²) in [6.07, 6.45) is 0.571. The Labute approximate surface area is 192 Å². The van der Waals surface area contributed by atoms with Crippen LogP contribution in [0.15, 0.2) is 36.7 Å². The molecule has 1 saturated heterocycles. The molecular formula is C20H21B4N5O3. The molecule has 1 aromatic carbocycles. The minimum absolute atomic E-state index is 0.0487. The molecule has 2 aromatic rings. The summed E-state index contributed by atoms with van der Waals surface area (Å²) in [6.45, 7) is 1.05. The average molecular weight is 423 g/mol. The lowest BCUT2D eigenvalue weighted by Gasteiger charge is -2.56. The number of β-amino-alcohol motifs (C(OH)–C–C–N with tert-alkyl or cyclic N) is 1. The first kappa shape index (κ1) is 22.9. The van der Waals surface area contributed by atoms with Crippen molar-refractivity contribution in [2.45, 2.75) is 29.2 Å². The Hall–Kier alpha value is -2.29. The summed E-state index contributed by atoms with van der Waals surface area (Å²) in [5, 5.41) is 13.5. The molecule has 2 aliphatic heterocycles. The van der Waals surface area contributed by atoms with Crippen LogP contribution in [0, 0.1) is 0 Å². The number of hydrogen-bond donors (Lipinski definition) is 3. The quantitative estimate of drug-likeness (QED) is 0.461. The van der Waals surface area contributed by atoms with Gasteiger partial charge in [-0.2, -0.15) is 0 Å². The van der Waals surface area contributed by atoms with E-state index in [2.05, 4.69) is 20.6 Å². The van der Waals surface area contributed by atoms with Crippen molar-refractivity contribution >= 4 is 43.1 Å². The second kappa shape index (κ2) is 8.92. The molecule has 1 aromatic heterocycles. The fourth-order valence-electron chi connectivity index (χ4n) is 3.94. The average Bonchev–Trinajstić information content (AvgIpc) is 2.72. The minimum atomic E-state index is -1.48. The number of anilines is 1. The van der Waals surface area contributed by atoms with Crippen molar-refractivity contribution in [3.63, 3.8) is 0 Å². The van der Waals surface area contributed by atoms with Gasteiger partial charge in [-0.15, -0.1) is 0 Å². The fourth-order valence-corrected chi connectivity index (χ4v) is 3.94. The molecule has 156 valence electrons. The van der Waals surface area contributed by atoms with Crippen LogP contribution in [0.3, 0.4) is 0 Å². The van der Waals surface area contributed by atoms with E-state index in [1.807, 2.05) is 24.3 Å². The molecule has 32 heavy (non-hydrogen) atoms. The summed E-state index contributed by atoms with van der Waals surface area (Å²) in [6, 6.07) is 9.07. The molecule has 1 amide bonds. The predicted octanol–water partition coefficient (Wildman–Crippen LogP) is -1.63. The van der Waals surface area contributed by atoms with E-state index in [-0.39, 0.29) is 24.8 Å². The van der Waals surface area contributed by atoms with E-state index < -0.39 is 22.7 Å². The Morgan fingerprint density at radius 3 is 2.72 bits per heavy atom. The number of carbonyl (C=O) groups is 1. The van der Waals surface area contributed by atoms with Gasteiger partial charge in [-0.05, 0) is 22.9 Å². The van der Waals surface area contributed by atoms with Crippen LogP contribution in [0.4, 0.5) is 5.82 Å². The molecule has 0 spiro atoms. The number of carbonyl (C=O) groups excluding carboxylic acids is 1. The number of amides is 1. The molecule has 0 unspecified atom stereocenters. The van der Waals surface area contributed by atoms with Crippen molar-refractivity contribution in [2.24, 2.45) is 0 Å². The Balaban J connectivity index is 1.38. The number of rotatable bonds is 7. The number of aliphatic hydroxyl groups is 1. The Bertz CT molecular complexity index is 989. The van der Waals surface area contributed by atoms with Crippen molar-refractivity contribution in [2.75, 3.05) is 31.6 Å². The molecule has 2 aliphatic rings. The zero-order valence-electron chi connectivity index (χ0n) is 17.6. The van der Waals surface area contributed by atoms with Crippen LogP contribution < -0.4 is 10.6 Å². The first-order valence-electron chi connectivity index (χ1n) is 10.3. The topological polar surface area (TPSA) is 99.6 Å². The van der Waals surface area contributed by atoms with Gasteiger partial charge in [0.05, 0.1) is 56.7 Å². The van der Waals surface area contributed by atoms with E-state index >= 15 is 0 Å². The number of fused-ring (bicyclic) bond motifs is 1. The van der Waals surface area contributed by atoms with Gasteiger partial charge in [-0.3, -0.25) is 4.79 Å². The lowest BCUT2D eigenvalue weighted by molar-refractivity contribution is 0.0209. The molecule has 1 atom stereocenters. The Morgan fingerprint density at radius 2 is 2.00 bits per heavy atom. The van der Waals surface area contributed by atoms with E-state index in [4.69, 9.17) is 36.1 Å². The third-order valence-corrected chi connectivity index (χ3v) is 5.65. The Kier molecular flexibility index (Phi) is 6.38. The first-order chi connectivity index (χ1) is 15.2. The smallest absolute Gasteiger partial charge is 0.270 e. The monoisotopic (exact) mass is 423 g/mol. The maximum Gasteiger partial charge on any atom is 0.270 e. The molecule has 0 saturated carbocycles. The van der Waals surface area contributed by atoms with Gasteiger partial charge < -0.3 is 25.4 Å². The highest BCUT2D eigenvalue weighted by molar-refractivity contribution is 6.44. The molecule has 1 fully saturated rings. The van der Waals surface area contributed by atoms with Gasteiger partial charge in [0, 0.05) is 19.2 Å². The maximum absolute atomic E-state index is 12.5. The minimum Gasteiger partial charge on any atom is -0.390 e. The highest BCUT2D eigenvalue weighted by atomic mass is 16.5. The van der Waals surface area contributed by atoms with Crippen LogP contribution in [0.5, 0.6) is 0 Å². The number of aliphatic hydroxyl groups excluding tert-OH is 1.